The molecule has 2 bridgehead atoms. The molecule has 2 unspecified atom stereocenters. The number of rotatable bonds is 1. The minimum absolute atomic E-state index is 0. The van der Waals surface area contributed by atoms with Gasteiger partial charge in [0.25, 0.3) is 0 Å². The van der Waals surface area contributed by atoms with Gasteiger partial charge < -0.3 is 15.1 Å². The standard InChI is InChI=1S/C18H25NO.BrH.H2O/c1-19-10-9-18-8-4-3-5-15(18)17(19)11-13-6-7-14(20-2)12-16(13)18;;/h6-7,12,15,17H,3-5,8-11H2,1-2H3;1H;1H2/t15?,17?,18-;;/m0../s1. The summed E-state index contributed by atoms with van der Waals surface area (Å²) < 4.78 is 5.51. The quantitative estimate of drug-likeness (QED) is 0.762. The summed E-state index contributed by atoms with van der Waals surface area (Å²) in [6, 6.07) is 7.60. The number of piperidine rings is 1. The van der Waals surface area contributed by atoms with Gasteiger partial charge in [0.2, 0.25) is 0 Å². The van der Waals surface area contributed by atoms with Gasteiger partial charge >= 0.3 is 0 Å². The van der Waals surface area contributed by atoms with Gasteiger partial charge in [-0.3, -0.25) is 0 Å². The van der Waals surface area contributed by atoms with Crippen molar-refractivity contribution in [2.75, 3.05) is 20.7 Å². The van der Waals surface area contributed by atoms with Crippen LogP contribution in [0, 0.1) is 5.92 Å². The molecule has 22 heavy (non-hydrogen) atoms. The molecule has 1 aliphatic heterocycles. The van der Waals surface area contributed by atoms with E-state index >= 15 is 0 Å². The van der Waals surface area contributed by atoms with E-state index < -0.39 is 0 Å². The van der Waals surface area contributed by atoms with Gasteiger partial charge in [0.05, 0.1) is 7.11 Å². The smallest absolute Gasteiger partial charge is 0.119 e. The fourth-order valence-corrected chi connectivity index (χ4v) is 5.30. The highest BCUT2D eigenvalue weighted by molar-refractivity contribution is 8.93. The highest BCUT2D eigenvalue weighted by atomic mass is 79.9. The average Bonchev–Trinajstić information content (AvgIpc) is 2.50. The number of benzene rings is 1. The van der Waals surface area contributed by atoms with Gasteiger partial charge in [-0.1, -0.05) is 18.9 Å². The Labute approximate surface area is 144 Å². The van der Waals surface area contributed by atoms with Crippen LogP contribution in [0.25, 0.3) is 0 Å². The third-order valence-electron chi connectivity index (χ3n) is 6.32. The van der Waals surface area contributed by atoms with Crippen LogP contribution in [0.3, 0.4) is 0 Å². The number of methoxy groups -OCH3 is 1. The lowest BCUT2D eigenvalue weighted by Gasteiger charge is -2.58. The van der Waals surface area contributed by atoms with E-state index in [0.29, 0.717) is 5.41 Å². The number of hydrogen-bond acceptors (Lipinski definition) is 2. The molecule has 2 aliphatic carbocycles. The molecule has 0 amide bonds. The summed E-state index contributed by atoms with van der Waals surface area (Å²) in [5.74, 6) is 1.91. The van der Waals surface area contributed by atoms with Gasteiger partial charge in [0.1, 0.15) is 5.75 Å². The van der Waals surface area contributed by atoms with Crippen LogP contribution in [0.2, 0.25) is 0 Å². The van der Waals surface area contributed by atoms with Crippen molar-refractivity contribution in [2.24, 2.45) is 5.92 Å². The zero-order valence-corrected chi connectivity index (χ0v) is 15.3. The maximum absolute atomic E-state index is 5.51. The van der Waals surface area contributed by atoms with Crippen LogP contribution in [0.1, 0.15) is 43.2 Å². The minimum Gasteiger partial charge on any atom is -0.497 e. The Kier molecular flexibility index (Phi) is 5.25. The lowest BCUT2D eigenvalue weighted by atomic mass is 9.52. The van der Waals surface area contributed by atoms with Gasteiger partial charge in [-0.15, -0.1) is 17.0 Å². The van der Waals surface area contributed by atoms with E-state index in [1.165, 1.54) is 45.1 Å². The van der Waals surface area contributed by atoms with Crippen molar-refractivity contribution >= 4 is 17.0 Å². The summed E-state index contributed by atoms with van der Waals surface area (Å²) >= 11 is 0. The van der Waals surface area contributed by atoms with Crippen molar-refractivity contribution in [1.82, 2.24) is 4.90 Å². The molecule has 4 rings (SSSR count). The Morgan fingerprint density at radius 1 is 1.23 bits per heavy atom. The van der Waals surface area contributed by atoms with E-state index in [0.717, 1.165) is 17.7 Å². The Morgan fingerprint density at radius 3 is 2.82 bits per heavy atom. The molecule has 0 aromatic heterocycles. The molecule has 3 aliphatic rings. The first kappa shape index (κ1) is 17.8. The van der Waals surface area contributed by atoms with Crippen LogP contribution in [-0.4, -0.2) is 37.1 Å². The van der Waals surface area contributed by atoms with Crippen molar-refractivity contribution < 1.29 is 10.2 Å². The molecule has 3 atom stereocenters. The maximum atomic E-state index is 5.51. The normalized spacial score (nSPS) is 32.8. The van der Waals surface area contributed by atoms with Crippen LogP contribution in [0.4, 0.5) is 0 Å². The molecule has 0 radical (unpaired) electrons. The Morgan fingerprint density at radius 2 is 2.05 bits per heavy atom. The van der Waals surface area contributed by atoms with Crippen molar-refractivity contribution in [3.05, 3.63) is 29.3 Å². The number of halogens is 1. The SMILES string of the molecule is Br.COc1ccc2c(c1)[C@]13CCCCC1C(C2)N(C)CC3.O. The molecule has 1 heterocycles. The number of hydrogen-bond donors (Lipinski definition) is 0. The number of likely N-dealkylation sites (tertiary alicyclic amines) is 1. The monoisotopic (exact) mass is 369 g/mol. The molecule has 4 heteroatoms. The van der Waals surface area contributed by atoms with Gasteiger partial charge in [-0.25, -0.2) is 0 Å². The summed E-state index contributed by atoms with van der Waals surface area (Å²) in [5.41, 5.74) is 3.67. The van der Waals surface area contributed by atoms with E-state index in [1.54, 1.807) is 18.2 Å². The van der Waals surface area contributed by atoms with Crippen LogP contribution in [-0.2, 0) is 11.8 Å². The zero-order valence-electron chi connectivity index (χ0n) is 13.6. The predicted molar refractivity (Wildman–Crippen MR) is 95.3 cm³/mol. The topological polar surface area (TPSA) is 44.0 Å². The first-order chi connectivity index (χ1) is 9.74. The molecule has 2 N–H and O–H groups in total. The lowest BCUT2D eigenvalue weighted by molar-refractivity contribution is 0.00274. The van der Waals surface area contributed by atoms with E-state index in [9.17, 15) is 0 Å². The summed E-state index contributed by atoms with van der Waals surface area (Å²) in [5, 5.41) is 0. The van der Waals surface area contributed by atoms with Gasteiger partial charge in [0.15, 0.2) is 0 Å². The van der Waals surface area contributed by atoms with Crippen LogP contribution in [0.15, 0.2) is 18.2 Å². The molecular formula is C18H28BrNO2. The van der Waals surface area contributed by atoms with Crippen LogP contribution in [0.5, 0.6) is 5.75 Å². The summed E-state index contributed by atoms with van der Waals surface area (Å²) in [6.07, 6.45) is 8.22. The molecular weight excluding hydrogens is 342 g/mol. The Balaban J connectivity index is 0.000000882. The summed E-state index contributed by atoms with van der Waals surface area (Å²) in [7, 11) is 4.12. The van der Waals surface area contributed by atoms with E-state index in [1.807, 2.05) is 0 Å². The molecule has 1 saturated heterocycles. The zero-order chi connectivity index (χ0) is 13.7. The third-order valence-corrected chi connectivity index (χ3v) is 6.32. The summed E-state index contributed by atoms with van der Waals surface area (Å²) in [4.78, 5) is 2.63. The van der Waals surface area contributed by atoms with Gasteiger partial charge in [-0.2, -0.15) is 0 Å². The minimum atomic E-state index is 0. The fourth-order valence-electron chi connectivity index (χ4n) is 5.30. The van der Waals surface area contributed by atoms with Crippen LogP contribution < -0.4 is 4.74 Å². The average molecular weight is 370 g/mol. The van der Waals surface area contributed by atoms with Crippen molar-refractivity contribution in [2.45, 2.75) is 50.0 Å². The second kappa shape index (κ2) is 6.50. The first-order valence-corrected chi connectivity index (χ1v) is 8.12. The number of likely N-dealkylation sites (N-methyl/N-ethyl adjacent to an activating group) is 1. The molecule has 1 aromatic carbocycles. The number of nitrogens with zero attached hydrogens (tertiary/aromatic N) is 1. The van der Waals surface area contributed by atoms with Crippen molar-refractivity contribution in [3.63, 3.8) is 0 Å². The fraction of sp³-hybridized carbons (Fsp3) is 0.667. The maximum Gasteiger partial charge on any atom is 0.119 e. The summed E-state index contributed by atoms with van der Waals surface area (Å²) in [6.45, 7) is 1.26. The van der Waals surface area contributed by atoms with Gasteiger partial charge in [-0.05, 0) is 68.5 Å². The molecule has 1 aromatic rings. The molecule has 1 saturated carbocycles. The Bertz CT molecular complexity index is 536. The molecule has 3 nitrogen and oxygen atoms in total. The third kappa shape index (κ3) is 2.40. The van der Waals surface area contributed by atoms with E-state index in [4.69, 9.17) is 4.74 Å². The largest absolute Gasteiger partial charge is 0.497 e. The second-order valence-corrected chi connectivity index (χ2v) is 7.03. The second-order valence-electron chi connectivity index (χ2n) is 7.03. The first-order valence-electron chi connectivity index (χ1n) is 8.12. The molecule has 124 valence electrons. The van der Waals surface area contributed by atoms with Crippen LogP contribution >= 0.6 is 17.0 Å². The lowest BCUT2D eigenvalue weighted by Crippen LogP contribution is -2.59. The van der Waals surface area contributed by atoms with E-state index in [-0.39, 0.29) is 22.5 Å². The van der Waals surface area contributed by atoms with E-state index in [2.05, 4.69) is 30.1 Å². The highest BCUT2D eigenvalue weighted by Crippen LogP contribution is 2.55. The highest BCUT2D eigenvalue weighted by Gasteiger charge is 2.53. The van der Waals surface area contributed by atoms with Gasteiger partial charge in [0, 0.05) is 11.5 Å². The molecule has 0 spiro atoms. The Hall–Kier alpha value is -0.580. The van der Waals surface area contributed by atoms with Crippen molar-refractivity contribution in [1.29, 1.82) is 0 Å². The number of ether oxygens (including phenoxy) is 1. The number of fused-ring (bicyclic) bond motifs is 1. The van der Waals surface area contributed by atoms with Crippen molar-refractivity contribution in [3.8, 4) is 5.75 Å². The molecule has 2 fully saturated rings. The predicted octanol–water partition coefficient (Wildman–Crippen LogP) is 3.14.